The topological polar surface area (TPSA) is 44.3 Å². The van der Waals surface area contributed by atoms with Gasteiger partial charge in [0.05, 0.1) is 6.61 Å². The largest absolute Gasteiger partial charge is 0.395 e. The Balaban J connectivity index is 3.06. The Morgan fingerprint density at radius 3 is 2.42 bits per heavy atom. The molecular formula is C9H22N2O. The first-order valence-corrected chi connectivity index (χ1v) is 4.90. The van der Waals surface area contributed by atoms with E-state index in [2.05, 4.69) is 24.5 Å². The van der Waals surface area contributed by atoms with Crippen molar-refractivity contribution in [2.45, 2.75) is 32.7 Å². The molecule has 74 valence electrons. The second-order valence-electron chi connectivity index (χ2n) is 2.99. The molecular weight excluding hydrogens is 152 g/mol. The van der Waals surface area contributed by atoms with Crippen LogP contribution in [-0.2, 0) is 0 Å². The number of hydrogen-bond donors (Lipinski definition) is 3. The molecule has 0 aliphatic heterocycles. The number of rotatable bonds is 8. The summed E-state index contributed by atoms with van der Waals surface area (Å²) in [6.07, 6.45) is 2.17. The molecule has 12 heavy (non-hydrogen) atoms. The number of aliphatic hydroxyl groups is 1. The molecule has 0 bridgehead atoms. The van der Waals surface area contributed by atoms with Crippen LogP contribution in [-0.4, -0.2) is 37.4 Å². The zero-order valence-electron chi connectivity index (χ0n) is 8.27. The molecule has 0 heterocycles. The molecule has 0 aliphatic rings. The highest BCUT2D eigenvalue weighted by Gasteiger charge is 2.00. The first kappa shape index (κ1) is 11.9. The summed E-state index contributed by atoms with van der Waals surface area (Å²) in [5.41, 5.74) is 0. The van der Waals surface area contributed by atoms with Crippen LogP contribution in [0.25, 0.3) is 0 Å². The molecule has 0 aliphatic carbocycles. The smallest absolute Gasteiger partial charge is 0.0584 e. The third kappa shape index (κ3) is 6.58. The van der Waals surface area contributed by atoms with E-state index in [4.69, 9.17) is 5.11 Å². The molecule has 0 fully saturated rings. The maximum absolute atomic E-state index is 8.85. The first-order chi connectivity index (χ1) is 5.85. The molecule has 0 radical (unpaired) electrons. The molecule has 0 spiro atoms. The van der Waals surface area contributed by atoms with Gasteiger partial charge in [-0.05, 0) is 19.4 Å². The Morgan fingerprint density at radius 2 is 1.92 bits per heavy atom. The number of hydrogen-bond acceptors (Lipinski definition) is 3. The molecule has 3 heteroatoms. The van der Waals surface area contributed by atoms with E-state index >= 15 is 0 Å². The van der Waals surface area contributed by atoms with Gasteiger partial charge < -0.3 is 15.7 Å². The van der Waals surface area contributed by atoms with Gasteiger partial charge in [-0.3, -0.25) is 0 Å². The van der Waals surface area contributed by atoms with Gasteiger partial charge in [-0.2, -0.15) is 0 Å². The van der Waals surface area contributed by atoms with Crippen molar-refractivity contribution in [3.63, 3.8) is 0 Å². The average Bonchev–Trinajstić information content (AvgIpc) is 2.11. The minimum Gasteiger partial charge on any atom is -0.395 e. The molecule has 0 rings (SSSR count). The predicted octanol–water partition coefficient (Wildman–Crippen LogP) is 0.346. The molecule has 0 amide bonds. The SMILES string of the molecule is CCCNCCN[C@H](CC)CO. The van der Waals surface area contributed by atoms with Crippen LogP contribution in [0.15, 0.2) is 0 Å². The Hall–Kier alpha value is -0.120. The summed E-state index contributed by atoms with van der Waals surface area (Å²) in [5.74, 6) is 0. The highest BCUT2D eigenvalue weighted by Crippen LogP contribution is 1.86. The van der Waals surface area contributed by atoms with Gasteiger partial charge in [0, 0.05) is 19.1 Å². The van der Waals surface area contributed by atoms with E-state index in [1.165, 1.54) is 6.42 Å². The van der Waals surface area contributed by atoms with E-state index in [1.807, 2.05) is 0 Å². The maximum atomic E-state index is 8.85. The van der Waals surface area contributed by atoms with E-state index in [1.54, 1.807) is 0 Å². The number of aliphatic hydroxyl groups excluding tert-OH is 1. The van der Waals surface area contributed by atoms with Crippen molar-refractivity contribution in [1.29, 1.82) is 0 Å². The monoisotopic (exact) mass is 174 g/mol. The quantitative estimate of drug-likeness (QED) is 0.465. The lowest BCUT2D eigenvalue weighted by Crippen LogP contribution is -2.37. The molecule has 0 aromatic carbocycles. The lowest BCUT2D eigenvalue weighted by molar-refractivity contribution is 0.239. The van der Waals surface area contributed by atoms with Crippen molar-refractivity contribution < 1.29 is 5.11 Å². The fourth-order valence-electron chi connectivity index (χ4n) is 1.00. The molecule has 3 N–H and O–H groups in total. The summed E-state index contributed by atoms with van der Waals surface area (Å²) in [5, 5.41) is 15.4. The van der Waals surface area contributed by atoms with E-state index in [9.17, 15) is 0 Å². The molecule has 3 nitrogen and oxygen atoms in total. The van der Waals surface area contributed by atoms with E-state index in [0.29, 0.717) is 0 Å². The van der Waals surface area contributed by atoms with Crippen LogP contribution < -0.4 is 10.6 Å². The summed E-state index contributed by atoms with van der Waals surface area (Å²) in [7, 11) is 0. The zero-order chi connectivity index (χ0) is 9.23. The molecule has 1 atom stereocenters. The molecule has 0 saturated carbocycles. The highest BCUT2D eigenvalue weighted by atomic mass is 16.3. The lowest BCUT2D eigenvalue weighted by Gasteiger charge is -2.13. The first-order valence-electron chi connectivity index (χ1n) is 4.90. The Kier molecular flexibility index (Phi) is 8.88. The molecule has 0 aromatic heterocycles. The van der Waals surface area contributed by atoms with Gasteiger partial charge in [0.25, 0.3) is 0 Å². The molecule has 0 unspecified atom stereocenters. The molecule has 0 aromatic rings. The lowest BCUT2D eigenvalue weighted by atomic mass is 10.2. The normalized spacial score (nSPS) is 13.2. The fraction of sp³-hybridized carbons (Fsp3) is 1.00. The third-order valence-electron chi connectivity index (χ3n) is 1.87. The van der Waals surface area contributed by atoms with Crippen molar-refractivity contribution in [1.82, 2.24) is 10.6 Å². The Labute approximate surface area is 75.6 Å². The van der Waals surface area contributed by atoms with Crippen molar-refractivity contribution in [3.8, 4) is 0 Å². The van der Waals surface area contributed by atoms with Crippen molar-refractivity contribution in [2.24, 2.45) is 0 Å². The maximum Gasteiger partial charge on any atom is 0.0584 e. The van der Waals surface area contributed by atoms with Crippen molar-refractivity contribution in [2.75, 3.05) is 26.2 Å². The van der Waals surface area contributed by atoms with Gasteiger partial charge in [-0.1, -0.05) is 13.8 Å². The van der Waals surface area contributed by atoms with Crippen molar-refractivity contribution >= 4 is 0 Å². The summed E-state index contributed by atoms with van der Waals surface area (Å²) >= 11 is 0. The Morgan fingerprint density at radius 1 is 1.17 bits per heavy atom. The van der Waals surface area contributed by atoms with Crippen LogP contribution in [0.3, 0.4) is 0 Å². The van der Waals surface area contributed by atoms with Crippen molar-refractivity contribution in [3.05, 3.63) is 0 Å². The average molecular weight is 174 g/mol. The van der Waals surface area contributed by atoms with Crippen LogP contribution in [0, 0.1) is 0 Å². The van der Waals surface area contributed by atoms with E-state index in [0.717, 1.165) is 26.1 Å². The second kappa shape index (κ2) is 8.97. The van der Waals surface area contributed by atoms with Crippen LogP contribution in [0.2, 0.25) is 0 Å². The molecule has 0 saturated heterocycles. The van der Waals surface area contributed by atoms with Crippen LogP contribution >= 0.6 is 0 Å². The van der Waals surface area contributed by atoms with Crippen LogP contribution in [0.1, 0.15) is 26.7 Å². The third-order valence-corrected chi connectivity index (χ3v) is 1.87. The number of nitrogens with one attached hydrogen (secondary N) is 2. The van der Waals surface area contributed by atoms with Gasteiger partial charge in [0.1, 0.15) is 0 Å². The summed E-state index contributed by atoms with van der Waals surface area (Å²) in [4.78, 5) is 0. The predicted molar refractivity (Wildman–Crippen MR) is 52.3 cm³/mol. The second-order valence-corrected chi connectivity index (χ2v) is 2.99. The van der Waals surface area contributed by atoms with Gasteiger partial charge in [0.2, 0.25) is 0 Å². The van der Waals surface area contributed by atoms with E-state index in [-0.39, 0.29) is 12.6 Å². The fourth-order valence-corrected chi connectivity index (χ4v) is 1.00. The van der Waals surface area contributed by atoms with Gasteiger partial charge in [0.15, 0.2) is 0 Å². The van der Waals surface area contributed by atoms with Gasteiger partial charge >= 0.3 is 0 Å². The highest BCUT2D eigenvalue weighted by molar-refractivity contribution is 4.63. The van der Waals surface area contributed by atoms with Crippen LogP contribution in [0.4, 0.5) is 0 Å². The summed E-state index contributed by atoms with van der Waals surface area (Å²) in [6.45, 7) is 7.49. The standard InChI is InChI=1S/C9H22N2O/c1-3-5-10-6-7-11-9(4-2)8-12/h9-12H,3-8H2,1-2H3/t9-/m1/s1. The Bertz CT molecular complexity index is 84.6. The summed E-state index contributed by atoms with van der Waals surface area (Å²) in [6, 6.07) is 0.272. The minimum atomic E-state index is 0.240. The van der Waals surface area contributed by atoms with Gasteiger partial charge in [-0.15, -0.1) is 0 Å². The zero-order valence-corrected chi connectivity index (χ0v) is 8.27. The minimum absolute atomic E-state index is 0.240. The summed E-state index contributed by atoms with van der Waals surface area (Å²) < 4.78 is 0. The van der Waals surface area contributed by atoms with Crippen LogP contribution in [0.5, 0.6) is 0 Å². The van der Waals surface area contributed by atoms with E-state index < -0.39 is 0 Å². The van der Waals surface area contributed by atoms with Gasteiger partial charge in [-0.25, -0.2) is 0 Å².